The fourth-order valence-corrected chi connectivity index (χ4v) is 3.45. The summed E-state index contributed by atoms with van der Waals surface area (Å²) in [6.45, 7) is 4.24. The van der Waals surface area contributed by atoms with Crippen LogP contribution in [0.1, 0.15) is 19.8 Å². The molecule has 0 spiro atoms. The van der Waals surface area contributed by atoms with Crippen LogP contribution in [0.3, 0.4) is 0 Å². The molecule has 1 saturated heterocycles. The minimum Gasteiger partial charge on any atom is -0.356 e. The highest BCUT2D eigenvalue weighted by Crippen LogP contribution is 2.31. The van der Waals surface area contributed by atoms with E-state index in [1.165, 1.54) is 12.5 Å². The molecule has 122 valence electrons. The Bertz CT molecular complexity index is 878. The lowest BCUT2D eigenvalue weighted by Crippen LogP contribution is -2.35. The summed E-state index contributed by atoms with van der Waals surface area (Å²) in [4.78, 5) is 11.7. The second kappa shape index (κ2) is 6.19. The minimum absolute atomic E-state index is 0.286. The Morgan fingerprint density at radius 2 is 1.83 bits per heavy atom. The van der Waals surface area contributed by atoms with Crippen LogP contribution in [0.15, 0.2) is 48.5 Å². The van der Waals surface area contributed by atoms with E-state index in [4.69, 9.17) is 4.98 Å². The molecule has 0 unspecified atom stereocenters. The van der Waals surface area contributed by atoms with E-state index in [2.05, 4.69) is 22.9 Å². The van der Waals surface area contributed by atoms with Crippen LogP contribution in [0.25, 0.3) is 22.3 Å². The Labute approximate surface area is 141 Å². The molecule has 1 aliphatic heterocycles. The smallest absolute Gasteiger partial charge is 0.165 e. The summed E-state index contributed by atoms with van der Waals surface area (Å²) in [6, 6.07) is 14.7. The fraction of sp³-hybridized carbons (Fsp3) is 0.300. The van der Waals surface area contributed by atoms with Gasteiger partial charge >= 0.3 is 0 Å². The molecule has 4 heteroatoms. The molecule has 1 aromatic heterocycles. The van der Waals surface area contributed by atoms with E-state index < -0.39 is 0 Å². The first-order valence-electron chi connectivity index (χ1n) is 8.49. The molecule has 2 aromatic carbocycles. The van der Waals surface area contributed by atoms with Crippen molar-refractivity contribution in [1.29, 1.82) is 0 Å². The second-order valence-corrected chi connectivity index (χ2v) is 6.56. The molecular formula is C20H20FN3. The van der Waals surface area contributed by atoms with Crippen molar-refractivity contribution in [1.82, 2.24) is 9.97 Å². The first-order chi connectivity index (χ1) is 11.7. The molecular weight excluding hydrogens is 301 g/mol. The van der Waals surface area contributed by atoms with Gasteiger partial charge < -0.3 is 4.90 Å². The summed E-state index contributed by atoms with van der Waals surface area (Å²) in [5.41, 5.74) is 1.31. The molecule has 3 nitrogen and oxygen atoms in total. The van der Waals surface area contributed by atoms with Gasteiger partial charge in [0.2, 0.25) is 0 Å². The van der Waals surface area contributed by atoms with Gasteiger partial charge in [-0.05, 0) is 43.0 Å². The van der Waals surface area contributed by atoms with Crippen molar-refractivity contribution in [3.8, 4) is 11.4 Å². The standard InChI is InChI=1S/C20H20FN3/c1-14-7-6-12-24(13-14)20-16-9-3-5-11-18(16)22-19(23-20)15-8-2-4-10-17(15)21/h2-5,8-11,14H,6-7,12-13H2,1H3/t14-/m0/s1. The lowest BCUT2D eigenvalue weighted by atomic mass is 10.00. The molecule has 0 aliphatic carbocycles. The number of fused-ring (bicyclic) bond motifs is 1. The van der Waals surface area contributed by atoms with Crippen LogP contribution in [0.5, 0.6) is 0 Å². The Kier molecular flexibility index (Phi) is 3.89. The Morgan fingerprint density at radius 1 is 1.04 bits per heavy atom. The van der Waals surface area contributed by atoms with Crippen LogP contribution in [0.4, 0.5) is 10.2 Å². The topological polar surface area (TPSA) is 29.0 Å². The highest BCUT2D eigenvalue weighted by Gasteiger charge is 2.21. The Morgan fingerprint density at radius 3 is 2.67 bits per heavy atom. The highest BCUT2D eigenvalue weighted by molar-refractivity contribution is 5.91. The molecule has 24 heavy (non-hydrogen) atoms. The zero-order valence-electron chi connectivity index (χ0n) is 13.7. The maximum atomic E-state index is 14.2. The van der Waals surface area contributed by atoms with Gasteiger partial charge in [0.25, 0.3) is 0 Å². The van der Waals surface area contributed by atoms with Gasteiger partial charge in [-0.15, -0.1) is 0 Å². The number of anilines is 1. The molecule has 1 aliphatic rings. The van der Waals surface area contributed by atoms with E-state index in [0.717, 1.165) is 36.2 Å². The number of rotatable bonds is 2. The van der Waals surface area contributed by atoms with Gasteiger partial charge in [-0.1, -0.05) is 31.2 Å². The summed E-state index contributed by atoms with van der Waals surface area (Å²) < 4.78 is 14.2. The molecule has 0 bridgehead atoms. The van der Waals surface area contributed by atoms with Gasteiger partial charge in [0.15, 0.2) is 5.82 Å². The summed E-state index contributed by atoms with van der Waals surface area (Å²) >= 11 is 0. The first-order valence-corrected chi connectivity index (χ1v) is 8.49. The summed E-state index contributed by atoms with van der Waals surface area (Å²) in [5.74, 6) is 1.74. The Balaban J connectivity index is 1.90. The number of hydrogen-bond donors (Lipinski definition) is 0. The fourth-order valence-electron chi connectivity index (χ4n) is 3.45. The third-order valence-electron chi connectivity index (χ3n) is 4.65. The number of halogens is 1. The predicted molar refractivity (Wildman–Crippen MR) is 95.5 cm³/mol. The van der Waals surface area contributed by atoms with Crippen LogP contribution in [0, 0.1) is 11.7 Å². The quantitative estimate of drug-likeness (QED) is 0.686. The molecule has 4 rings (SSSR count). The molecule has 3 aromatic rings. The maximum Gasteiger partial charge on any atom is 0.165 e. The summed E-state index contributed by atoms with van der Waals surface area (Å²) in [6.07, 6.45) is 2.41. The van der Waals surface area contributed by atoms with Crippen LogP contribution < -0.4 is 4.90 Å². The number of benzene rings is 2. The van der Waals surface area contributed by atoms with Crippen molar-refractivity contribution in [2.24, 2.45) is 5.92 Å². The summed E-state index contributed by atoms with van der Waals surface area (Å²) in [7, 11) is 0. The van der Waals surface area contributed by atoms with Gasteiger partial charge in [0.1, 0.15) is 11.6 Å². The average molecular weight is 321 g/mol. The molecule has 1 fully saturated rings. The van der Waals surface area contributed by atoms with Crippen molar-refractivity contribution in [2.45, 2.75) is 19.8 Å². The first kappa shape index (κ1) is 15.1. The third-order valence-corrected chi connectivity index (χ3v) is 4.65. The highest BCUT2D eigenvalue weighted by atomic mass is 19.1. The number of aromatic nitrogens is 2. The van der Waals surface area contributed by atoms with E-state index in [0.29, 0.717) is 17.3 Å². The molecule has 0 radical (unpaired) electrons. The van der Waals surface area contributed by atoms with Crippen molar-refractivity contribution in [3.05, 3.63) is 54.3 Å². The zero-order valence-corrected chi connectivity index (χ0v) is 13.7. The third kappa shape index (κ3) is 2.73. The van der Waals surface area contributed by atoms with Crippen LogP contribution in [-0.2, 0) is 0 Å². The monoisotopic (exact) mass is 321 g/mol. The lowest BCUT2D eigenvalue weighted by molar-refractivity contribution is 0.445. The van der Waals surface area contributed by atoms with E-state index in [-0.39, 0.29) is 5.82 Å². The van der Waals surface area contributed by atoms with Crippen molar-refractivity contribution in [3.63, 3.8) is 0 Å². The van der Waals surface area contributed by atoms with Crippen LogP contribution in [-0.4, -0.2) is 23.1 Å². The van der Waals surface area contributed by atoms with E-state index in [1.54, 1.807) is 12.1 Å². The van der Waals surface area contributed by atoms with Gasteiger partial charge in [-0.2, -0.15) is 0 Å². The molecule has 1 atom stereocenters. The van der Waals surface area contributed by atoms with Crippen LogP contribution in [0.2, 0.25) is 0 Å². The van der Waals surface area contributed by atoms with Crippen LogP contribution >= 0.6 is 0 Å². The van der Waals surface area contributed by atoms with E-state index in [9.17, 15) is 4.39 Å². The van der Waals surface area contributed by atoms with Gasteiger partial charge in [0.05, 0.1) is 11.1 Å². The zero-order chi connectivity index (χ0) is 16.5. The molecule has 2 heterocycles. The number of nitrogens with zero attached hydrogens (tertiary/aromatic N) is 3. The molecule has 0 N–H and O–H groups in total. The predicted octanol–water partition coefficient (Wildman–Crippen LogP) is 4.67. The van der Waals surface area contributed by atoms with Crippen molar-refractivity contribution < 1.29 is 4.39 Å². The number of hydrogen-bond acceptors (Lipinski definition) is 3. The minimum atomic E-state index is -0.286. The summed E-state index contributed by atoms with van der Waals surface area (Å²) in [5, 5.41) is 1.03. The maximum absolute atomic E-state index is 14.2. The van der Waals surface area contributed by atoms with E-state index in [1.807, 2.05) is 24.3 Å². The Hall–Kier alpha value is -2.49. The molecule has 0 saturated carbocycles. The molecule has 0 amide bonds. The number of piperidine rings is 1. The van der Waals surface area contributed by atoms with Crippen molar-refractivity contribution in [2.75, 3.05) is 18.0 Å². The second-order valence-electron chi connectivity index (χ2n) is 6.56. The normalized spacial score (nSPS) is 18.1. The van der Waals surface area contributed by atoms with Gasteiger partial charge in [-0.3, -0.25) is 0 Å². The largest absolute Gasteiger partial charge is 0.356 e. The van der Waals surface area contributed by atoms with Gasteiger partial charge in [-0.25, -0.2) is 14.4 Å². The number of para-hydroxylation sites is 1. The SMILES string of the molecule is C[C@H]1CCCN(c2nc(-c3ccccc3F)nc3ccccc23)C1. The van der Waals surface area contributed by atoms with E-state index >= 15 is 0 Å². The van der Waals surface area contributed by atoms with Crippen molar-refractivity contribution >= 4 is 16.7 Å². The average Bonchev–Trinajstić information content (AvgIpc) is 2.61. The van der Waals surface area contributed by atoms with Gasteiger partial charge in [0, 0.05) is 18.5 Å². The lowest BCUT2D eigenvalue weighted by Gasteiger charge is -2.32.